The molecule has 0 spiro atoms. The third-order valence-electron chi connectivity index (χ3n) is 5.04. The molecule has 2 aromatic rings. The maximum atomic E-state index is 6.06. The van der Waals surface area contributed by atoms with Gasteiger partial charge in [-0.3, -0.25) is 4.99 Å². The number of aliphatic imine (C=N–C) groups is 1. The molecule has 0 saturated heterocycles. The van der Waals surface area contributed by atoms with Crippen LogP contribution in [0, 0.1) is 0 Å². The first-order valence-electron chi connectivity index (χ1n) is 9.34. The van der Waals surface area contributed by atoms with E-state index in [9.17, 15) is 0 Å². The predicted octanol–water partition coefficient (Wildman–Crippen LogP) is 3.69. The Bertz CT molecular complexity index is 804. The largest absolute Gasteiger partial charge is 0.490 e. The molecule has 2 aliphatic rings. The topological polar surface area (TPSA) is 68.9 Å². The van der Waals surface area contributed by atoms with Crippen molar-refractivity contribution in [3.05, 3.63) is 53.6 Å². The van der Waals surface area contributed by atoms with Crippen molar-refractivity contribution in [3.8, 4) is 11.5 Å². The van der Waals surface area contributed by atoms with Gasteiger partial charge in [-0.05, 0) is 48.4 Å². The van der Waals surface area contributed by atoms with E-state index in [0.29, 0.717) is 25.1 Å². The number of guanidine groups is 1. The Balaban J connectivity index is 1.34. The Morgan fingerprint density at radius 2 is 1.96 bits per heavy atom. The maximum absolute atomic E-state index is 6.06. The van der Waals surface area contributed by atoms with Crippen LogP contribution in [0.5, 0.6) is 11.5 Å². The summed E-state index contributed by atoms with van der Waals surface area (Å²) in [5, 5.41) is 3.15. The van der Waals surface area contributed by atoms with Crippen LogP contribution in [0.4, 0.5) is 5.69 Å². The Morgan fingerprint density at radius 1 is 1.12 bits per heavy atom. The van der Waals surface area contributed by atoms with Crippen LogP contribution in [0.15, 0.2) is 47.5 Å². The van der Waals surface area contributed by atoms with Crippen LogP contribution in [0.2, 0.25) is 0 Å². The van der Waals surface area contributed by atoms with E-state index >= 15 is 0 Å². The van der Waals surface area contributed by atoms with E-state index in [1.807, 2.05) is 18.2 Å². The van der Waals surface area contributed by atoms with Crippen LogP contribution in [0.25, 0.3) is 0 Å². The second kappa shape index (κ2) is 7.68. The average molecular weight is 351 g/mol. The molecule has 1 aliphatic carbocycles. The summed E-state index contributed by atoms with van der Waals surface area (Å²) in [6.45, 7) is 2.08. The zero-order valence-electron chi connectivity index (χ0n) is 14.9. The van der Waals surface area contributed by atoms with Gasteiger partial charge in [0.05, 0.1) is 13.2 Å². The number of hydrogen-bond donors (Lipinski definition) is 2. The van der Waals surface area contributed by atoms with Crippen LogP contribution in [0.1, 0.15) is 36.3 Å². The number of nitrogens with one attached hydrogen (secondary N) is 1. The van der Waals surface area contributed by atoms with Crippen molar-refractivity contribution in [1.82, 2.24) is 0 Å². The number of benzene rings is 2. The molecule has 4 rings (SSSR count). The van der Waals surface area contributed by atoms with Gasteiger partial charge in [-0.2, -0.15) is 0 Å². The summed E-state index contributed by atoms with van der Waals surface area (Å²) in [6, 6.07) is 14.5. The molecule has 1 unspecified atom stereocenters. The number of hydrogen-bond acceptors (Lipinski definition) is 3. The second-order valence-electron chi connectivity index (χ2n) is 6.83. The Labute approximate surface area is 154 Å². The fourth-order valence-corrected chi connectivity index (χ4v) is 3.71. The van der Waals surface area contributed by atoms with E-state index in [4.69, 9.17) is 15.2 Å². The summed E-state index contributed by atoms with van der Waals surface area (Å²) in [5.74, 6) is 2.57. The average Bonchev–Trinajstić information content (AvgIpc) is 2.91. The fraction of sp³-hybridized carbons (Fsp3) is 0.381. The number of aryl methyl sites for hydroxylation is 1. The van der Waals surface area contributed by atoms with Gasteiger partial charge in [0, 0.05) is 24.7 Å². The van der Waals surface area contributed by atoms with Crippen LogP contribution in [-0.4, -0.2) is 25.7 Å². The highest BCUT2D eigenvalue weighted by atomic mass is 16.5. The molecule has 0 amide bonds. The number of fused-ring (bicyclic) bond motifs is 2. The molecule has 26 heavy (non-hydrogen) atoms. The molecule has 3 N–H and O–H groups in total. The van der Waals surface area contributed by atoms with E-state index in [2.05, 4.69) is 34.6 Å². The standard InChI is InChI=1S/C21H25N3O2/c22-21(23-11-10-16-7-6-15-4-1-2-5-18(15)16)24-17-8-9-19-20(14-17)26-13-3-12-25-19/h1-2,4-5,8-9,14,16H,3,6-7,10-13H2,(H3,22,23,24). The first kappa shape index (κ1) is 16.8. The molecule has 1 atom stereocenters. The van der Waals surface area contributed by atoms with Crippen molar-refractivity contribution >= 4 is 11.6 Å². The first-order valence-corrected chi connectivity index (χ1v) is 9.34. The van der Waals surface area contributed by atoms with Gasteiger partial charge in [-0.15, -0.1) is 0 Å². The summed E-state index contributed by atoms with van der Waals surface area (Å²) in [6.07, 6.45) is 4.31. The SMILES string of the molecule is NC(=NCCC1CCc2ccccc21)Nc1ccc2c(c1)OCCCO2. The fourth-order valence-electron chi connectivity index (χ4n) is 3.71. The summed E-state index contributed by atoms with van der Waals surface area (Å²) >= 11 is 0. The third-order valence-corrected chi connectivity index (χ3v) is 5.04. The Kier molecular flexibility index (Phi) is 4.95. The summed E-state index contributed by atoms with van der Waals surface area (Å²) in [7, 11) is 0. The van der Waals surface area contributed by atoms with Gasteiger partial charge < -0.3 is 20.5 Å². The molecule has 1 heterocycles. The Morgan fingerprint density at radius 3 is 2.88 bits per heavy atom. The molecule has 0 radical (unpaired) electrons. The lowest BCUT2D eigenvalue weighted by Gasteiger charge is -2.12. The van der Waals surface area contributed by atoms with Gasteiger partial charge in [0.25, 0.3) is 0 Å². The van der Waals surface area contributed by atoms with Crippen molar-refractivity contribution in [2.75, 3.05) is 25.1 Å². The Hall–Kier alpha value is -2.69. The minimum atomic E-state index is 0.436. The summed E-state index contributed by atoms with van der Waals surface area (Å²) < 4.78 is 11.4. The third kappa shape index (κ3) is 3.77. The molecule has 0 bridgehead atoms. The van der Waals surface area contributed by atoms with Crippen molar-refractivity contribution in [2.45, 2.75) is 31.6 Å². The summed E-state index contributed by atoms with van der Waals surface area (Å²) in [4.78, 5) is 4.50. The molecule has 1 aliphatic heterocycles. The van der Waals surface area contributed by atoms with E-state index in [1.165, 1.54) is 24.0 Å². The van der Waals surface area contributed by atoms with E-state index in [-0.39, 0.29) is 0 Å². The van der Waals surface area contributed by atoms with E-state index in [1.54, 1.807) is 0 Å². The zero-order chi connectivity index (χ0) is 17.8. The lowest BCUT2D eigenvalue weighted by Crippen LogP contribution is -2.23. The van der Waals surface area contributed by atoms with Gasteiger partial charge in [-0.1, -0.05) is 24.3 Å². The lowest BCUT2D eigenvalue weighted by molar-refractivity contribution is 0.297. The molecular weight excluding hydrogens is 326 g/mol. The first-order chi connectivity index (χ1) is 12.8. The monoisotopic (exact) mass is 351 g/mol. The number of nitrogens with two attached hydrogens (primary N) is 1. The van der Waals surface area contributed by atoms with Crippen molar-refractivity contribution in [1.29, 1.82) is 0 Å². The van der Waals surface area contributed by atoms with Crippen LogP contribution in [-0.2, 0) is 6.42 Å². The molecule has 2 aromatic carbocycles. The number of rotatable bonds is 4. The van der Waals surface area contributed by atoms with Crippen molar-refractivity contribution < 1.29 is 9.47 Å². The molecule has 0 aromatic heterocycles. The second-order valence-corrected chi connectivity index (χ2v) is 6.83. The van der Waals surface area contributed by atoms with Crippen LogP contribution in [0.3, 0.4) is 0 Å². The molecule has 5 heteroatoms. The normalized spacial score (nSPS) is 18.9. The highest BCUT2D eigenvalue weighted by Gasteiger charge is 2.21. The minimum absolute atomic E-state index is 0.436. The zero-order valence-corrected chi connectivity index (χ0v) is 14.9. The van der Waals surface area contributed by atoms with Gasteiger partial charge in [0.15, 0.2) is 17.5 Å². The highest BCUT2D eigenvalue weighted by Crippen LogP contribution is 2.35. The molecule has 0 fully saturated rings. The van der Waals surface area contributed by atoms with E-state index in [0.717, 1.165) is 36.6 Å². The number of ether oxygens (including phenoxy) is 2. The molecule has 5 nitrogen and oxygen atoms in total. The summed E-state index contributed by atoms with van der Waals surface area (Å²) in [5.41, 5.74) is 9.89. The number of anilines is 1. The van der Waals surface area contributed by atoms with Crippen molar-refractivity contribution in [3.63, 3.8) is 0 Å². The van der Waals surface area contributed by atoms with E-state index < -0.39 is 0 Å². The van der Waals surface area contributed by atoms with Crippen LogP contribution >= 0.6 is 0 Å². The lowest BCUT2D eigenvalue weighted by atomic mass is 9.98. The highest BCUT2D eigenvalue weighted by molar-refractivity contribution is 5.92. The molecular formula is C21H25N3O2. The smallest absolute Gasteiger partial charge is 0.193 e. The van der Waals surface area contributed by atoms with Crippen molar-refractivity contribution in [2.24, 2.45) is 10.7 Å². The van der Waals surface area contributed by atoms with Gasteiger partial charge >= 0.3 is 0 Å². The van der Waals surface area contributed by atoms with Gasteiger partial charge in [0.2, 0.25) is 0 Å². The maximum Gasteiger partial charge on any atom is 0.193 e. The van der Waals surface area contributed by atoms with Crippen LogP contribution < -0.4 is 20.5 Å². The molecule has 0 saturated carbocycles. The van der Waals surface area contributed by atoms with Gasteiger partial charge in [-0.25, -0.2) is 0 Å². The van der Waals surface area contributed by atoms with Gasteiger partial charge in [0.1, 0.15) is 0 Å². The quantitative estimate of drug-likeness (QED) is 0.651. The predicted molar refractivity (Wildman–Crippen MR) is 104 cm³/mol. The molecule has 136 valence electrons. The number of nitrogens with zero attached hydrogens (tertiary/aromatic N) is 1. The minimum Gasteiger partial charge on any atom is -0.490 e.